The summed E-state index contributed by atoms with van der Waals surface area (Å²) in [5.74, 6) is -1.55. The molecular weight excluding hydrogens is 284 g/mol. The molecule has 22 heavy (non-hydrogen) atoms. The van der Waals surface area contributed by atoms with Crippen molar-refractivity contribution in [1.82, 2.24) is 10.3 Å². The number of carbonyl (C=O) groups is 2. The molecule has 0 saturated heterocycles. The third-order valence-corrected chi connectivity index (χ3v) is 3.45. The maximum atomic E-state index is 11.9. The number of fused-ring (bicyclic) bond motifs is 1. The molecule has 0 aliphatic carbocycles. The topological polar surface area (TPSA) is 95.3 Å². The summed E-state index contributed by atoms with van der Waals surface area (Å²) < 4.78 is 4.97. The Bertz CT molecular complexity index is 805. The molecule has 3 rings (SSSR count). The number of carbonyl (C=O) groups excluding carboxylic acids is 1. The number of nitrogens with one attached hydrogen (secondary N) is 2. The lowest BCUT2D eigenvalue weighted by atomic mass is 10.0. The summed E-state index contributed by atoms with van der Waals surface area (Å²) in [4.78, 5) is 26.4. The summed E-state index contributed by atoms with van der Waals surface area (Å²) in [5.41, 5.74) is 1.77. The van der Waals surface area contributed by atoms with E-state index in [0.717, 1.165) is 16.5 Å². The van der Waals surface area contributed by atoms with Gasteiger partial charge in [-0.2, -0.15) is 0 Å². The number of amides is 1. The van der Waals surface area contributed by atoms with Gasteiger partial charge in [-0.05, 0) is 23.8 Å². The molecule has 1 atom stereocenters. The molecule has 0 radical (unpaired) electrons. The largest absolute Gasteiger partial charge is 0.480 e. The van der Waals surface area contributed by atoms with Crippen molar-refractivity contribution in [3.63, 3.8) is 0 Å². The van der Waals surface area contributed by atoms with Gasteiger partial charge in [-0.25, -0.2) is 4.79 Å². The molecule has 0 bridgehead atoms. The van der Waals surface area contributed by atoms with Crippen LogP contribution in [0.3, 0.4) is 0 Å². The van der Waals surface area contributed by atoms with Gasteiger partial charge in [0.05, 0.1) is 6.26 Å². The fraction of sp³-hybridized carbons (Fsp3) is 0.125. The average Bonchev–Trinajstić information content (AvgIpc) is 3.16. The van der Waals surface area contributed by atoms with Crippen LogP contribution in [0, 0.1) is 0 Å². The van der Waals surface area contributed by atoms with Gasteiger partial charge in [-0.15, -0.1) is 0 Å². The van der Waals surface area contributed by atoms with Crippen molar-refractivity contribution in [2.24, 2.45) is 0 Å². The second-order valence-corrected chi connectivity index (χ2v) is 4.91. The molecular formula is C16H14N2O4. The standard InChI is InChI=1S/C16H14N2O4/c19-15(14-6-3-7-22-14)18-13(16(20)21)8-10-9-17-12-5-2-1-4-11(10)12/h1-7,9,13,17H,8H2,(H,18,19)(H,20,21)/t13-/m0/s1. The Balaban J connectivity index is 1.80. The highest BCUT2D eigenvalue weighted by Crippen LogP contribution is 2.19. The number of aromatic nitrogens is 1. The lowest BCUT2D eigenvalue weighted by molar-refractivity contribution is -0.139. The maximum Gasteiger partial charge on any atom is 0.326 e. The van der Waals surface area contributed by atoms with Gasteiger partial charge in [0.2, 0.25) is 0 Å². The fourth-order valence-corrected chi connectivity index (χ4v) is 2.36. The number of rotatable bonds is 5. The van der Waals surface area contributed by atoms with Gasteiger partial charge in [0.25, 0.3) is 5.91 Å². The molecule has 0 fully saturated rings. The number of aromatic amines is 1. The summed E-state index contributed by atoms with van der Waals surface area (Å²) in [6, 6.07) is 9.64. The van der Waals surface area contributed by atoms with Crippen molar-refractivity contribution in [2.75, 3.05) is 0 Å². The van der Waals surface area contributed by atoms with Crippen molar-refractivity contribution in [3.05, 3.63) is 60.2 Å². The number of benzene rings is 1. The van der Waals surface area contributed by atoms with Crippen molar-refractivity contribution in [1.29, 1.82) is 0 Å². The van der Waals surface area contributed by atoms with E-state index >= 15 is 0 Å². The maximum absolute atomic E-state index is 11.9. The van der Waals surface area contributed by atoms with Gasteiger partial charge in [-0.1, -0.05) is 18.2 Å². The van der Waals surface area contributed by atoms with Crippen molar-refractivity contribution < 1.29 is 19.1 Å². The van der Waals surface area contributed by atoms with E-state index in [1.54, 1.807) is 12.3 Å². The van der Waals surface area contributed by atoms with Gasteiger partial charge in [0.1, 0.15) is 6.04 Å². The summed E-state index contributed by atoms with van der Waals surface area (Å²) in [6.07, 6.45) is 3.32. The van der Waals surface area contributed by atoms with E-state index in [0.29, 0.717) is 0 Å². The molecule has 0 aliphatic heterocycles. The van der Waals surface area contributed by atoms with Crippen LogP contribution in [0.25, 0.3) is 10.9 Å². The van der Waals surface area contributed by atoms with E-state index in [9.17, 15) is 14.7 Å². The highest BCUT2D eigenvalue weighted by Gasteiger charge is 2.23. The minimum Gasteiger partial charge on any atom is -0.480 e. The highest BCUT2D eigenvalue weighted by atomic mass is 16.4. The van der Waals surface area contributed by atoms with Gasteiger partial charge in [0.15, 0.2) is 5.76 Å². The number of H-pyrrole nitrogens is 1. The SMILES string of the molecule is O=C(N[C@@H](Cc1c[nH]c2ccccc12)C(=O)O)c1ccco1. The first-order valence-electron chi connectivity index (χ1n) is 6.77. The average molecular weight is 298 g/mol. The lowest BCUT2D eigenvalue weighted by Crippen LogP contribution is -2.42. The first-order chi connectivity index (χ1) is 10.6. The molecule has 3 aromatic rings. The van der Waals surface area contributed by atoms with E-state index in [4.69, 9.17) is 4.42 Å². The van der Waals surface area contributed by atoms with Crippen LogP contribution in [0.15, 0.2) is 53.3 Å². The van der Waals surface area contributed by atoms with Crippen LogP contribution in [-0.4, -0.2) is 28.0 Å². The predicted octanol–water partition coefficient (Wildman–Crippen LogP) is 2.19. The van der Waals surface area contributed by atoms with Crippen LogP contribution in [0.5, 0.6) is 0 Å². The lowest BCUT2D eigenvalue weighted by Gasteiger charge is -2.13. The van der Waals surface area contributed by atoms with Crippen molar-refractivity contribution in [2.45, 2.75) is 12.5 Å². The quantitative estimate of drug-likeness (QED) is 0.673. The van der Waals surface area contributed by atoms with Crippen LogP contribution in [0.2, 0.25) is 0 Å². The summed E-state index contributed by atoms with van der Waals surface area (Å²) >= 11 is 0. The zero-order valence-electron chi connectivity index (χ0n) is 11.6. The van der Waals surface area contributed by atoms with Crippen LogP contribution < -0.4 is 5.32 Å². The predicted molar refractivity (Wildman–Crippen MR) is 79.6 cm³/mol. The summed E-state index contributed by atoms with van der Waals surface area (Å²) in [5, 5.41) is 12.8. The Hall–Kier alpha value is -3.02. The van der Waals surface area contributed by atoms with Crippen LogP contribution in [0.4, 0.5) is 0 Å². The van der Waals surface area contributed by atoms with E-state index in [1.807, 2.05) is 24.3 Å². The minimum absolute atomic E-state index is 0.0881. The van der Waals surface area contributed by atoms with Gasteiger partial charge < -0.3 is 19.8 Å². The number of carboxylic acid groups (broad SMARTS) is 1. The van der Waals surface area contributed by atoms with E-state index in [-0.39, 0.29) is 12.2 Å². The smallest absolute Gasteiger partial charge is 0.326 e. The number of aliphatic carboxylic acids is 1. The Labute approximate surface area is 125 Å². The van der Waals surface area contributed by atoms with Gasteiger partial charge in [-0.3, -0.25) is 4.79 Å². The molecule has 0 aliphatic rings. The molecule has 6 heteroatoms. The van der Waals surface area contributed by atoms with Crippen LogP contribution >= 0.6 is 0 Å². The Morgan fingerprint density at radius 3 is 2.77 bits per heavy atom. The number of hydrogen-bond acceptors (Lipinski definition) is 3. The third kappa shape index (κ3) is 2.71. The van der Waals surface area contributed by atoms with Crippen LogP contribution in [-0.2, 0) is 11.2 Å². The van der Waals surface area contributed by atoms with Crippen molar-refractivity contribution >= 4 is 22.8 Å². The van der Waals surface area contributed by atoms with E-state index in [2.05, 4.69) is 10.3 Å². The van der Waals surface area contributed by atoms with E-state index in [1.165, 1.54) is 12.3 Å². The first-order valence-corrected chi connectivity index (χ1v) is 6.77. The Morgan fingerprint density at radius 2 is 2.05 bits per heavy atom. The molecule has 2 heterocycles. The molecule has 0 unspecified atom stereocenters. The molecule has 0 saturated carbocycles. The van der Waals surface area contributed by atoms with Crippen molar-refractivity contribution in [3.8, 4) is 0 Å². The monoisotopic (exact) mass is 298 g/mol. The Kier molecular flexibility index (Phi) is 3.65. The Morgan fingerprint density at radius 1 is 1.23 bits per heavy atom. The molecule has 2 aromatic heterocycles. The molecule has 6 nitrogen and oxygen atoms in total. The van der Waals surface area contributed by atoms with Gasteiger partial charge >= 0.3 is 5.97 Å². The zero-order chi connectivity index (χ0) is 15.5. The van der Waals surface area contributed by atoms with Crippen LogP contribution in [0.1, 0.15) is 16.1 Å². The number of para-hydroxylation sites is 1. The number of furan rings is 1. The zero-order valence-corrected chi connectivity index (χ0v) is 11.6. The summed E-state index contributed by atoms with van der Waals surface area (Å²) in [6.45, 7) is 0. The second-order valence-electron chi connectivity index (χ2n) is 4.91. The molecule has 1 aromatic carbocycles. The van der Waals surface area contributed by atoms with Gasteiger partial charge in [0, 0.05) is 23.5 Å². The van der Waals surface area contributed by atoms with E-state index < -0.39 is 17.9 Å². The fourth-order valence-electron chi connectivity index (χ4n) is 2.36. The number of carboxylic acids is 1. The highest BCUT2D eigenvalue weighted by molar-refractivity contribution is 5.94. The normalized spacial score (nSPS) is 12.2. The number of hydrogen-bond donors (Lipinski definition) is 3. The summed E-state index contributed by atoms with van der Waals surface area (Å²) in [7, 11) is 0. The molecule has 0 spiro atoms. The molecule has 112 valence electrons. The second kappa shape index (κ2) is 5.77. The molecule has 3 N–H and O–H groups in total. The third-order valence-electron chi connectivity index (χ3n) is 3.45. The minimum atomic E-state index is -1.09. The molecule has 1 amide bonds. The first kappa shape index (κ1) is 13.9.